The molecule has 0 aromatic heterocycles. The molecule has 1 aromatic rings. The third-order valence-electron chi connectivity index (χ3n) is 2.56. The molecule has 2 nitrogen and oxygen atoms in total. The van der Waals surface area contributed by atoms with Crippen molar-refractivity contribution in [1.29, 1.82) is 0 Å². The Morgan fingerprint density at radius 3 is 2.29 bits per heavy atom. The molecule has 0 N–H and O–H groups in total. The van der Waals surface area contributed by atoms with Crippen molar-refractivity contribution in [2.75, 3.05) is 0 Å². The normalized spacial score (nSPS) is 13.2. The van der Waals surface area contributed by atoms with E-state index in [-0.39, 0.29) is 11.9 Å². The van der Waals surface area contributed by atoms with E-state index in [0.29, 0.717) is 0 Å². The van der Waals surface area contributed by atoms with Gasteiger partial charge >= 0.3 is 5.97 Å². The second-order valence-corrected chi connectivity index (χ2v) is 5.33. The van der Waals surface area contributed by atoms with Crippen LogP contribution in [-0.4, -0.2) is 11.6 Å². The molecular weight excluding hydrogens is 212 g/mol. The average molecular weight is 234 g/mol. The molecule has 0 amide bonds. The molecule has 1 rings (SSSR count). The van der Waals surface area contributed by atoms with Crippen LogP contribution in [0.25, 0.3) is 0 Å². The topological polar surface area (TPSA) is 26.3 Å². The summed E-state index contributed by atoms with van der Waals surface area (Å²) in [6.45, 7) is 7.73. The summed E-state index contributed by atoms with van der Waals surface area (Å²) in [6.07, 6.45) is 1.57. The van der Waals surface area contributed by atoms with Gasteiger partial charge in [0.1, 0.15) is 5.60 Å². The highest BCUT2D eigenvalue weighted by Crippen LogP contribution is 2.17. The van der Waals surface area contributed by atoms with Gasteiger partial charge in [0.15, 0.2) is 0 Å². The molecule has 2 heteroatoms. The lowest BCUT2D eigenvalue weighted by Gasteiger charge is -2.23. The third kappa shape index (κ3) is 5.03. The Balaban J connectivity index is 2.63. The van der Waals surface area contributed by atoms with Gasteiger partial charge in [-0.15, -0.1) is 0 Å². The van der Waals surface area contributed by atoms with Crippen molar-refractivity contribution >= 4 is 5.97 Å². The van der Waals surface area contributed by atoms with Gasteiger partial charge in [0.05, 0.1) is 5.92 Å². The molecule has 0 saturated heterocycles. The van der Waals surface area contributed by atoms with E-state index in [4.69, 9.17) is 4.74 Å². The highest BCUT2D eigenvalue weighted by molar-refractivity contribution is 5.73. The van der Waals surface area contributed by atoms with Crippen molar-refractivity contribution in [3.05, 3.63) is 35.9 Å². The number of hydrogen-bond acceptors (Lipinski definition) is 2. The summed E-state index contributed by atoms with van der Waals surface area (Å²) in [4.78, 5) is 12.0. The minimum Gasteiger partial charge on any atom is -0.460 e. The molecule has 0 bridgehead atoms. The van der Waals surface area contributed by atoms with Crippen LogP contribution in [0.5, 0.6) is 0 Å². The molecule has 1 aromatic carbocycles. The first-order valence-electron chi connectivity index (χ1n) is 6.19. The molecule has 1 atom stereocenters. The molecule has 1 unspecified atom stereocenters. The molecule has 0 saturated carbocycles. The number of esters is 1. The van der Waals surface area contributed by atoms with Crippen LogP contribution in [0.15, 0.2) is 30.3 Å². The van der Waals surface area contributed by atoms with E-state index >= 15 is 0 Å². The summed E-state index contributed by atoms with van der Waals surface area (Å²) in [7, 11) is 0. The summed E-state index contributed by atoms with van der Waals surface area (Å²) in [5, 5.41) is 0. The van der Waals surface area contributed by atoms with Crippen LogP contribution in [0.4, 0.5) is 0 Å². The monoisotopic (exact) mass is 234 g/mol. The Morgan fingerprint density at radius 2 is 1.82 bits per heavy atom. The Morgan fingerprint density at radius 1 is 1.24 bits per heavy atom. The van der Waals surface area contributed by atoms with Crippen molar-refractivity contribution in [3.8, 4) is 0 Å². The smallest absolute Gasteiger partial charge is 0.309 e. The summed E-state index contributed by atoms with van der Waals surface area (Å²) in [6, 6.07) is 10.1. The van der Waals surface area contributed by atoms with Crippen molar-refractivity contribution in [3.63, 3.8) is 0 Å². The van der Waals surface area contributed by atoms with Gasteiger partial charge in [0, 0.05) is 0 Å². The predicted octanol–water partition coefficient (Wildman–Crippen LogP) is 3.60. The first kappa shape index (κ1) is 13.8. The fraction of sp³-hybridized carbons (Fsp3) is 0.533. The minimum atomic E-state index is -0.402. The van der Waals surface area contributed by atoms with Crippen LogP contribution < -0.4 is 0 Å². The second kappa shape index (κ2) is 5.85. The van der Waals surface area contributed by atoms with Crippen molar-refractivity contribution < 1.29 is 9.53 Å². The first-order chi connectivity index (χ1) is 7.92. The zero-order valence-corrected chi connectivity index (χ0v) is 11.2. The van der Waals surface area contributed by atoms with Crippen LogP contribution >= 0.6 is 0 Å². The van der Waals surface area contributed by atoms with Gasteiger partial charge in [0.2, 0.25) is 0 Å². The lowest BCUT2D eigenvalue weighted by atomic mass is 9.97. The highest BCUT2D eigenvalue weighted by atomic mass is 16.6. The van der Waals surface area contributed by atoms with E-state index in [1.54, 1.807) is 0 Å². The highest BCUT2D eigenvalue weighted by Gasteiger charge is 2.23. The van der Waals surface area contributed by atoms with Gasteiger partial charge in [-0.3, -0.25) is 4.79 Å². The fourth-order valence-corrected chi connectivity index (χ4v) is 1.68. The standard InChI is InChI=1S/C15H22O2/c1-5-13(14(16)17-15(2,3)4)11-12-9-7-6-8-10-12/h6-10,13H,5,11H2,1-4H3. The quantitative estimate of drug-likeness (QED) is 0.744. The molecule has 0 aliphatic heterocycles. The summed E-state index contributed by atoms with van der Waals surface area (Å²) in [5.74, 6) is -0.138. The summed E-state index contributed by atoms with van der Waals surface area (Å²) >= 11 is 0. The molecule has 0 radical (unpaired) electrons. The number of hydrogen-bond donors (Lipinski definition) is 0. The van der Waals surface area contributed by atoms with Gasteiger partial charge in [-0.1, -0.05) is 37.3 Å². The lowest BCUT2D eigenvalue weighted by Crippen LogP contribution is -2.29. The number of rotatable bonds is 4. The minimum absolute atomic E-state index is 0.0448. The van der Waals surface area contributed by atoms with Gasteiger partial charge < -0.3 is 4.74 Å². The number of ether oxygens (including phenoxy) is 1. The molecule has 0 aliphatic carbocycles. The number of carbonyl (C=O) groups is 1. The molecule has 94 valence electrons. The fourth-order valence-electron chi connectivity index (χ4n) is 1.68. The van der Waals surface area contributed by atoms with Gasteiger partial charge in [-0.2, -0.15) is 0 Å². The Labute approximate surface area is 104 Å². The van der Waals surface area contributed by atoms with E-state index in [9.17, 15) is 4.79 Å². The van der Waals surface area contributed by atoms with E-state index in [2.05, 4.69) is 0 Å². The van der Waals surface area contributed by atoms with Crippen LogP contribution in [0.3, 0.4) is 0 Å². The van der Waals surface area contributed by atoms with Gasteiger partial charge in [-0.05, 0) is 39.2 Å². The van der Waals surface area contributed by atoms with Crippen molar-refractivity contribution in [2.45, 2.75) is 46.1 Å². The van der Waals surface area contributed by atoms with E-state index in [1.807, 2.05) is 58.0 Å². The number of carbonyl (C=O) groups excluding carboxylic acids is 1. The Hall–Kier alpha value is -1.31. The largest absolute Gasteiger partial charge is 0.460 e. The molecule has 0 heterocycles. The second-order valence-electron chi connectivity index (χ2n) is 5.33. The van der Waals surface area contributed by atoms with Crippen molar-refractivity contribution in [2.24, 2.45) is 5.92 Å². The molecule has 0 aliphatic rings. The Kier molecular flexibility index (Phi) is 4.73. The first-order valence-corrected chi connectivity index (χ1v) is 6.19. The maximum Gasteiger partial charge on any atom is 0.309 e. The summed E-state index contributed by atoms with van der Waals surface area (Å²) < 4.78 is 5.42. The molecule has 17 heavy (non-hydrogen) atoms. The third-order valence-corrected chi connectivity index (χ3v) is 2.56. The van der Waals surface area contributed by atoms with Crippen LogP contribution in [0.1, 0.15) is 39.7 Å². The van der Waals surface area contributed by atoms with E-state index < -0.39 is 5.60 Å². The van der Waals surface area contributed by atoms with Crippen LogP contribution in [0, 0.1) is 5.92 Å². The lowest BCUT2D eigenvalue weighted by molar-refractivity contribution is -0.160. The molecule has 0 spiro atoms. The average Bonchev–Trinajstić information content (AvgIpc) is 2.24. The Bertz CT molecular complexity index is 349. The zero-order chi connectivity index (χ0) is 12.9. The zero-order valence-electron chi connectivity index (χ0n) is 11.2. The van der Waals surface area contributed by atoms with Gasteiger partial charge in [0.25, 0.3) is 0 Å². The molecular formula is C15H22O2. The van der Waals surface area contributed by atoms with Crippen molar-refractivity contribution in [1.82, 2.24) is 0 Å². The maximum absolute atomic E-state index is 12.0. The van der Waals surface area contributed by atoms with E-state index in [1.165, 1.54) is 5.56 Å². The van der Waals surface area contributed by atoms with Gasteiger partial charge in [-0.25, -0.2) is 0 Å². The number of benzene rings is 1. The SMILES string of the molecule is CCC(Cc1ccccc1)C(=O)OC(C)(C)C. The summed E-state index contributed by atoms with van der Waals surface area (Å²) in [5.41, 5.74) is 0.784. The molecule has 0 fully saturated rings. The van der Waals surface area contributed by atoms with Crippen LogP contribution in [-0.2, 0) is 16.0 Å². The predicted molar refractivity (Wildman–Crippen MR) is 69.8 cm³/mol. The van der Waals surface area contributed by atoms with E-state index in [0.717, 1.165) is 12.8 Å². The maximum atomic E-state index is 12.0. The van der Waals surface area contributed by atoms with Crippen LogP contribution in [0.2, 0.25) is 0 Å².